The maximum Gasteiger partial charge on any atom is 0.332 e. The molecule has 4 aromatic rings. The number of rotatable bonds is 6. The normalized spacial score (nSPS) is 12.5. The Balaban J connectivity index is 1.95. The van der Waals surface area contributed by atoms with Gasteiger partial charge >= 0.3 is 11.7 Å². The van der Waals surface area contributed by atoms with Gasteiger partial charge < -0.3 is 9.30 Å². The molecule has 0 bridgehead atoms. The van der Waals surface area contributed by atoms with Gasteiger partial charge in [0, 0.05) is 25.0 Å². The van der Waals surface area contributed by atoms with Gasteiger partial charge in [-0.25, -0.2) is 4.79 Å². The molecule has 4 rings (SSSR count). The lowest BCUT2D eigenvalue weighted by molar-refractivity contribution is -0.143. The number of nitrogens with zero attached hydrogens (tertiary/aromatic N) is 5. The van der Waals surface area contributed by atoms with Gasteiger partial charge in [0.1, 0.15) is 0 Å². The van der Waals surface area contributed by atoms with E-state index in [-0.39, 0.29) is 25.6 Å². The summed E-state index contributed by atoms with van der Waals surface area (Å²) < 4.78 is 11.3. The predicted molar refractivity (Wildman–Crippen MR) is 121 cm³/mol. The Kier molecular flexibility index (Phi) is 5.50. The zero-order valence-corrected chi connectivity index (χ0v) is 19.0. The van der Waals surface area contributed by atoms with Crippen molar-refractivity contribution < 1.29 is 9.53 Å². The van der Waals surface area contributed by atoms with E-state index in [1.807, 2.05) is 36.4 Å². The van der Waals surface area contributed by atoms with E-state index in [0.717, 1.165) is 21.5 Å². The number of benzene rings is 1. The van der Waals surface area contributed by atoms with E-state index in [9.17, 15) is 14.4 Å². The largest absolute Gasteiger partial charge is 0.466 e. The quantitative estimate of drug-likeness (QED) is 0.432. The van der Waals surface area contributed by atoms with Crippen LogP contribution in [0.3, 0.4) is 0 Å². The van der Waals surface area contributed by atoms with E-state index >= 15 is 0 Å². The van der Waals surface area contributed by atoms with Crippen LogP contribution in [0.5, 0.6) is 0 Å². The Morgan fingerprint density at radius 3 is 2.47 bits per heavy atom. The van der Waals surface area contributed by atoms with Gasteiger partial charge in [-0.2, -0.15) is 4.98 Å². The minimum absolute atomic E-state index is 0.0210. The standard InChI is InChI=1S/C23H27N5O4/c1-6-32-18(29)12-13-26-21(30)19-20(25(5)23(26)31)24-22-27(14(2)15(3)28(19)22)16(4)17-10-8-7-9-11-17/h7-11,16H,6,12-13H2,1-5H3/t16-/m0/s1. The third kappa shape index (κ3) is 3.24. The average molecular weight is 438 g/mol. The minimum atomic E-state index is -0.510. The molecule has 9 nitrogen and oxygen atoms in total. The van der Waals surface area contributed by atoms with Crippen LogP contribution in [0.25, 0.3) is 16.9 Å². The Labute approximate surface area is 184 Å². The molecule has 9 heteroatoms. The molecule has 0 saturated carbocycles. The van der Waals surface area contributed by atoms with Crippen molar-refractivity contribution in [3.05, 3.63) is 68.1 Å². The Hall–Kier alpha value is -3.62. The first-order valence-corrected chi connectivity index (χ1v) is 10.7. The van der Waals surface area contributed by atoms with E-state index in [2.05, 4.69) is 23.6 Å². The molecular formula is C23H27N5O4. The van der Waals surface area contributed by atoms with Gasteiger partial charge in [-0.3, -0.25) is 23.1 Å². The van der Waals surface area contributed by atoms with Crippen LogP contribution in [0, 0.1) is 13.8 Å². The first-order valence-electron chi connectivity index (χ1n) is 10.7. The number of esters is 1. The summed E-state index contributed by atoms with van der Waals surface area (Å²) in [5, 5.41) is 0. The fourth-order valence-electron chi connectivity index (χ4n) is 4.25. The van der Waals surface area contributed by atoms with Crippen molar-refractivity contribution in [2.24, 2.45) is 7.05 Å². The molecule has 0 N–H and O–H groups in total. The van der Waals surface area contributed by atoms with Crippen LogP contribution < -0.4 is 11.2 Å². The molecule has 0 radical (unpaired) electrons. The second-order valence-corrected chi connectivity index (χ2v) is 7.90. The Morgan fingerprint density at radius 2 is 1.81 bits per heavy atom. The highest BCUT2D eigenvalue weighted by molar-refractivity contribution is 5.76. The molecular weight excluding hydrogens is 410 g/mol. The molecule has 168 valence electrons. The van der Waals surface area contributed by atoms with Crippen LogP contribution in [-0.4, -0.2) is 35.7 Å². The monoisotopic (exact) mass is 437 g/mol. The van der Waals surface area contributed by atoms with Crippen LogP contribution in [-0.2, 0) is 23.1 Å². The summed E-state index contributed by atoms with van der Waals surface area (Å²) >= 11 is 0. The summed E-state index contributed by atoms with van der Waals surface area (Å²) in [6.45, 7) is 7.93. The van der Waals surface area contributed by atoms with Gasteiger partial charge in [-0.15, -0.1) is 0 Å². The van der Waals surface area contributed by atoms with Gasteiger partial charge in [-0.05, 0) is 33.3 Å². The molecule has 1 aromatic carbocycles. The smallest absolute Gasteiger partial charge is 0.332 e. The second kappa shape index (κ2) is 8.14. The fourth-order valence-corrected chi connectivity index (χ4v) is 4.25. The maximum absolute atomic E-state index is 13.4. The highest BCUT2D eigenvalue weighted by Gasteiger charge is 2.25. The van der Waals surface area contributed by atoms with Crippen LogP contribution in [0.15, 0.2) is 39.9 Å². The first-order chi connectivity index (χ1) is 15.3. The summed E-state index contributed by atoms with van der Waals surface area (Å²) in [7, 11) is 1.59. The van der Waals surface area contributed by atoms with Gasteiger partial charge in [0.2, 0.25) is 5.78 Å². The molecule has 1 atom stereocenters. The van der Waals surface area contributed by atoms with Crippen molar-refractivity contribution in [1.82, 2.24) is 23.1 Å². The molecule has 0 unspecified atom stereocenters. The molecule has 3 heterocycles. The first kappa shape index (κ1) is 21.6. The Morgan fingerprint density at radius 1 is 1.12 bits per heavy atom. The predicted octanol–water partition coefficient (Wildman–Crippen LogP) is 2.33. The van der Waals surface area contributed by atoms with Gasteiger partial charge in [0.15, 0.2) is 11.2 Å². The van der Waals surface area contributed by atoms with Crippen molar-refractivity contribution in [3.8, 4) is 0 Å². The van der Waals surface area contributed by atoms with E-state index in [0.29, 0.717) is 16.9 Å². The topological polar surface area (TPSA) is 92.5 Å². The van der Waals surface area contributed by atoms with Crippen molar-refractivity contribution >= 4 is 22.9 Å². The number of ether oxygens (including phenoxy) is 1. The van der Waals surface area contributed by atoms with Crippen LogP contribution in [0.2, 0.25) is 0 Å². The summed E-state index contributed by atoms with van der Waals surface area (Å²) in [6, 6.07) is 10.0. The summed E-state index contributed by atoms with van der Waals surface area (Å²) in [5.74, 6) is 0.149. The van der Waals surface area contributed by atoms with Crippen LogP contribution >= 0.6 is 0 Å². The lowest BCUT2D eigenvalue weighted by atomic mass is 10.1. The fraction of sp³-hybridized carbons (Fsp3) is 0.391. The average Bonchev–Trinajstić information content (AvgIpc) is 3.28. The molecule has 0 aliphatic rings. The minimum Gasteiger partial charge on any atom is -0.466 e. The Bertz CT molecular complexity index is 1440. The number of carbonyl (C=O) groups is 1. The molecule has 0 saturated heterocycles. The lowest BCUT2D eigenvalue weighted by Crippen LogP contribution is -2.40. The molecule has 0 aliphatic heterocycles. The van der Waals surface area contributed by atoms with E-state index in [1.165, 1.54) is 4.57 Å². The number of carbonyl (C=O) groups excluding carboxylic acids is 1. The molecule has 32 heavy (non-hydrogen) atoms. The summed E-state index contributed by atoms with van der Waals surface area (Å²) in [4.78, 5) is 42.8. The zero-order chi connectivity index (χ0) is 23.2. The summed E-state index contributed by atoms with van der Waals surface area (Å²) in [5.41, 5.74) is 2.64. The zero-order valence-electron chi connectivity index (χ0n) is 19.0. The van der Waals surface area contributed by atoms with Gasteiger partial charge in [0.25, 0.3) is 5.56 Å². The van der Waals surface area contributed by atoms with E-state index < -0.39 is 17.2 Å². The molecule has 0 spiro atoms. The maximum atomic E-state index is 13.4. The number of hydrogen-bond acceptors (Lipinski definition) is 5. The van der Waals surface area contributed by atoms with E-state index in [4.69, 9.17) is 9.72 Å². The van der Waals surface area contributed by atoms with Crippen LogP contribution in [0.4, 0.5) is 0 Å². The number of aryl methyl sites for hydroxylation is 2. The third-order valence-corrected chi connectivity index (χ3v) is 6.07. The second-order valence-electron chi connectivity index (χ2n) is 7.90. The number of fused-ring (bicyclic) bond motifs is 3. The number of imidazole rings is 2. The summed E-state index contributed by atoms with van der Waals surface area (Å²) in [6.07, 6.45) is -0.0551. The van der Waals surface area contributed by atoms with Gasteiger partial charge in [0.05, 0.1) is 19.1 Å². The van der Waals surface area contributed by atoms with Crippen LogP contribution in [0.1, 0.15) is 43.3 Å². The number of aromatic nitrogens is 5. The van der Waals surface area contributed by atoms with Crippen molar-refractivity contribution in [2.45, 2.75) is 46.7 Å². The van der Waals surface area contributed by atoms with E-state index in [1.54, 1.807) is 14.0 Å². The lowest BCUT2D eigenvalue weighted by Gasteiger charge is -2.16. The van der Waals surface area contributed by atoms with Crippen molar-refractivity contribution in [3.63, 3.8) is 0 Å². The third-order valence-electron chi connectivity index (χ3n) is 6.07. The number of hydrogen-bond donors (Lipinski definition) is 0. The van der Waals surface area contributed by atoms with Crippen molar-refractivity contribution in [1.29, 1.82) is 0 Å². The molecule has 0 amide bonds. The molecule has 3 aromatic heterocycles. The SMILES string of the molecule is CCOC(=O)CCn1c(=O)c2c(nc3n([C@@H](C)c4ccccc4)c(C)c(C)n23)n(C)c1=O. The highest BCUT2D eigenvalue weighted by atomic mass is 16.5. The molecule has 0 aliphatic carbocycles. The van der Waals surface area contributed by atoms with Gasteiger partial charge in [-0.1, -0.05) is 30.3 Å². The highest BCUT2D eigenvalue weighted by Crippen LogP contribution is 2.27. The van der Waals surface area contributed by atoms with Crippen molar-refractivity contribution in [2.75, 3.05) is 6.61 Å². The molecule has 0 fully saturated rings.